The van der Waals surface area contributed by atoms with Gasteiger partial charge >= 0.3 is 0 Å². The number of rotatable bonds is 3. The van der Waals surface area contributed by atoms with E-state index in [9.17, 15) is 4.39 Å². The lowest BCUT2D eigenvalue weighted by atomic mass is 10.1. The van der Waals surface area contributed by atoms with Crippen molar-refractivity contribution in [3.8, 4) is 5.75 Å². The van der Waals surface area contributed by atoms with E-state index >= 15 is 0 Å². The zero-order valence-electron chi connectivity index (χ0n) is 11.4. The van der Waals surface area contributed by atoms with Crippen molar-refractivity contribution in [2.24, 2.45) is 10.7 Å². The topological polar surface area (TPSA) is 68.9 Å². The SMILES string of the molecule is NC(=NCC1CCCO1)NC1COc2cc(F)c(Br)cc21. The van der Waals surface area contributed by atoms with Gasteiger partial charge in [0.1, 0.15) is 18.2 Å². The first kappa shape index (κ1) is 14.6. The van der Waals surface area contributed by atoms with Gasteiger partial charge in [0.2, 0.25) is 0 Å². The van der Waals surface area contributed by atoms with Crippen molar-refractivity contribution in [1.82, 2.24) is 5.32 Å². The van der Waals surface area contributed by atoms with Crippen LogP contribution >= 0.6 is 15.9 Å². The van der Waals surface area contributed by atoms with Crippen LogP contribution < -0.4 is 15.8 Å². The summed E-state index contributed by atoms with van der Waals surface area (Å²) in [5.41, 5.74) is 6.77. The number of guanidine groups is 1. The summed E-state index contributed by atoms with van der Waals surface area (Å²) in [7, 11) is 0. The fraction of sp³-hybridized carbons (Fsp3) is 0.500. The molecule has 3 N–H and O–H groups in total. The van der Waals surface area contributed by atoms with E-state index in [4.69, 9.17) is 15.2 Å². The highest BCUT2D eigenvalue weighted by molar-refractivity contribution is 9.10. The van der Waals surface area contributed by atoms with Crippen LogP contribution in [-0.4, -0.2) is 31.8 Å². The van der Waals surface area contributed by atoms with E-state index in [2.05, 4.69) is 26.2 Å². The maximum absolute atomic E-state index is 13.4. The third kappa shape index (κ3) is 3.29. The summed E-state index contributed by atoms with van der Waals surface area (Å²) in [5, 5.41) is 3.11. The van der Waals surface area contributed by atoms with Gasteiger partial charge in [-0.2, -0.15) is 0 Å². The standard InChI is InChI=1S/C14H17BrFN3O2/c15-10-4-9-12(7-21-13(9)5-11(10)16)19-14(17)18-6-8-2-1-3-20-8/h4-5,8,12H,1-3,6-7H2,(H3,17,18,19). The fourth-order valence-corrected chi connectivity index (χ4v) is 2.90. The van der Waals surface area contributed by atoms with E-state index in [0.717, 1.165) is 25.0 Å². The molecule has 0 amide bonds. The minimum Gasteiger partial charge on any atom is -0.491 e. The van der Waals surface area contributed by atoms with Crippen molar-refractivity contribution >= 4 is 21.9 Å². The van der Waals surface area contributed by atoms with E-state index in [1.807, 2.05) is 0 Å². The van der Waals surface area contributed by atoms with Crippen molar-refractivity contribution in [3.63, 3.8) is 0 Å². The van der Waals surface area contributed by atoms with Crippen LogP contribution in [-0.2, 0) is 4.74 Å². The van der Waals surface area contributed by atoms with Crippen LogP contribution in [0.5, 0.6) is 5.75 Å². The zero-order valence-corrected chi connectivity index (χ0v) is 13.0. The molecule has 21 heavy (non-hydrogen) atoms. The van der Waals surface area contributed by atoms with E-state index in [0.29, 0.717) is 29.3 Å². The van der Waals surface area contributed by atoms with Gasteiger partial charge in [0.25, 0.3) is 0 Å². The number of fused-ring (bicyclic) bond motifs is 1. The molecule has 1 aromatic carbocycles. The van der Waals surface area contributed by atoms with Gasteiger partial charge in [-0.15, -0.1) is 0 Å². The van der Waals surface area contributed by atoms with Crippen molar-refractivity contribution in [3.05, 3.63) is 28.0 Å². The highest BCUT2D eigenvalue weighted by Gasteiger charge is 2.26. The maximum Gasteiger partial charge on any atom is 0.189 e. The molecule has 1 aromatic rings. The first-order valence-corrected chi connectivity index (χ1v) is 7.72. The predicted octanol–water partition coefficient (Wildman–Crippen LogP) is 2.10. The minimum absolute atomic E-state index is 0.120. The highest BCUT2D eigenvalue weighted by atomic mass is 79.9. The molecule has 2 aliphatic heterocycles. The van der Waals surface area contributed by atoms with Crippen molar-refractivity contribution < 1.29 is 13.9 Å². The number of aliphatic imine (C=N–C) groups is 1. The van der Waals surface area contributed by atoms with Crippen LogP contribution in [0, 0.1) is 5.82 Å². The molecule has 0 bridgehead atoms. The van der Waals surface area contributed by atoms with Gasteiger partial charge in [-0.05, 0) is 34.8 Å². The second-order valence-corrected chi connectivity index (χ2v) is 6.03. The Kier molecular flexibility index (Phi) is 4.30. The van der Waals surface area contributed by atoms with Gasteiger partial charge in [0.15, 0.2) is 5.96 Å². The first-order valence-electron chi connectivity index (χ1n) is 6.93. The average molecular weight is 358 g/mol. The normalized spacial score (nSPS) is 24.8. The molecule has 0 aliphatic carbocycles. The lowest BCUT2D eigenvalue weighted by Crippen LogP contribution is -2.36. The molecule has 0 radical (unpaired) electrons. The Labute approximate surface area is 130 Å². The van der Waals surface area contributed by atoms with Crippen molar-refractivity contribution in [1.29, 1.82) is 0 Å². The maximum atomic E-state index is 13.4. The molecule has 114 valence electrons. The summed E-state index contributed by atoms with van der Waals surface area (Å²) in [4.78, 5) is 4.30. The number of ether oxygens (including phenoxy) is 2. The van der Waals surface area contributed by atoms with Crippen LogP contribution in [0.4, 0.5) is 4.39 Å². The monoisotopic (exact) mass is 357 g/mol. The Bertz CT molecular complexity index is 561. The summed E-state index contributed by atoms with van der Waals surface area (Å²) in [6, 6.07) is 2.97. The number of nitrogens with two attached hydrogens (primary N) is 1. The van der Waals surface area contributed by atoms with E-state index in [-0.39, 0.29) is 18.0 Å². The number of hydrogen-bond acceptors (Lipinski definition) is 3. The van der Waals surface area contributed by atoms with Gasteiger partial charge in [0, 0.05) is 18.2 Å². The number of benzene rings is 1. The second kappa shape index (κ2) is 6.19. The lowest BCUT2D eigenvalue weighted by Gasteiger charge is -2.13. The molecular weight excluding hydrogens is 341 g/mol. The Balaban J connectivity index is 1.64. The second-order valence-electron chi connectivity index (χ2n) is 5.17. The van der Waals surface area contributed by atoms with Crippen LogP contribution in [0.1, 0.15) is 24.4 Å². The van der Waals surface area contributed by atoms with Crippen LogP contribution in [0.15, 0.2) is 21.6 Å². The van der Waals surface area contributed by atoms with Gasteiger partial charge in [-0.25, -0.2) is 4.39 Å². The quantitative estimate of drug-likeness (QED) is 0.642. The molecule has 2 aliphatic rings. The van der Waals surface area contributed by atoms with Gasteiger partial charge in [-0.3, -0.25) is 4.99 Å². The number of halogens is 2. The Hall–Kier alpha value is -1.34. The summed E-state index contributed by atoms with van der Waals surface area (Å²) in [6.45, 7) is 1.77. The minimum atomic E-state index is -0.338. The average Bonchev–Trinajstić information content (AvgIpc) is 3.09. The smallest absolute Gasteiger partial charge is 0.189 e. The van der Waals surface area contributed by atoms with E-state index in [1.54, 1.807) is 6.07 Å². The Morgan fingerprint density at radius 1 is 1.52 bits per heavy atom. The molecule has 0 spiro atoms. The van der Waals surface area contributed by atoms with Crippen LogP contribution in [0.3, 0.4) is 0 Å². The summed E-state index contributed by atoms with van der Waals surface area (Å²) < 4.78 is 24.8. The summed E-state index contributed by atoms with van der Waals surface area (Å²) in [5.74, 6) is 0.557. The Morgan fingerprint density at radius 2 is 2.38 bits per heavy atom. The van der Waals surface area contributed by atoms with Crippen LogP contribution in [0.2, 0.25) is 0 Å². The van der Waals surface area contributed by atoms with E-state index < -0.39 is 0 Å². The third-order valence-electron chi connectivity index (χ3n) is 3.65. The van der Waals surface area contributed by atoms with Gasteiger partial charge < -0.3 is 20.5 Å². The molecule has 1 saturated heterocycles. The van der Waals surface area contributed by atoms with Gasteiger partial charge in [-0.1, -0.05) is 0 Å². The summed E-state index contributed by atoms with van der Waals surface area (Å²) in [6.07, 6.45) is 2.27. The molecular formula is C14H17BrFN3O2. The highest BCUT2D eigenvalue weighted by Crippen LogP contribution is 2.35. The predicted molar refractivity (Wildman–Crippen MR) is 80.9 cm³/mol. The first-order chi connectivity index (χ1) is 10.1. The number of nitrogens with one attached hydrogen (secondary N) is 1. The number of nitrogens with zero attached hydrogens (tertiary/aromatic N) is 1. The molecule has 0 aromatic heterocycles. The molecule has 0 saturated carbocycles. The van der Waals surface area contributed by atoms with Gasteiger partial charge in [0.05, 0.1) is 23.2 Å². The summed E-state index contributed by atoms with van der Waals surface area (Å²) >= 11 is 3.18. The number of hydrogen-bond donors (Lipinski definition) is 2. The molecule has 7 heteroatoms. The zero-order chi connectivity index (χ0) is 14.8. The van der Waals surface area contributed by atoms with Crippen LogP contribution in [0.25, 0.3) is 0 Å². The molecule has 2 atom stereocenters. The van der Waals surface area contributed by atoms with Crippen molar-refractivity contribution in [2.75, 3.05) is 19.8 Å². The van der Waals surface area contributed by atoms with E-state index in [1.165, 1.54) is 6.07 Å². The molecule has 2 heterocycles. The Morgan fingerprint density at radius 3 is 3.14 bits per heavy atom. The van der Waals surface area contributed by atoms with Crippen molar-refractivity contribution in [2.45, 2.75) is 25.0 Å². The molecule has 1 fully saturated rings. The lowest BCUT2D eigenvalue weighted by molar-refractivity contribution is 0.117. The fourth-order valence-electron chi connectivity index (χ4n) is 2.54. The molecule has 3 rings (SSSR count). The molecule has 5 nitrogen and oxygen atoms in total. The third-order valence-corrected chi connectivity index (χ3v) is 4.25. The molecule has 2 unspecified atom stereocenters. The largest absolute Gasteiger partial charge is 0.491 e.